The molecule has 20 heavy (non-hydrogen) atoms. The van der Waals surface area contributed by atoms with E-state index in [2.05, 4.69) is 54.1 Å². The summed E-state index contributed by atoms with van der Waals surface area (Å²) >= 11 is 0. The highest BCUT2D eigenvalue weighted by Gasteiger charge is 2.23. The van der Waals surface area contributed by atoms with E-state index in [0.717, 1.165) is 38.2 Å². The van der Waals surface area contributed by atoms with Crippen molar-refractivity contribution in [3.05, 3.63) is 41.7 Å². The molecule has 0 unspecified atom stereocenters. The third-order valence-electron chi connectivity index (χ3n) is 4.26. The Hall–Kier alpha value is -1.61. The van der Waals surface area contributed by atoms with Crippen LogP contribution in [0.2, 0.25) is 0 Å². The number of hydrogen-bond donors (Lipinski definition) is 1. The van der Waals surface area contributed by atoms with Crippen molar-refractivity contribution >= 4 is 0 Å². The molecule has 3 nitrogen and oxygen atoms in total. The fraction of sp³-hybridized carbons (Fsp3) is 0.471. The fourth-order valence-corrected chi connectivity index (χ4v) is 3.17. The zero-order chi connectivity index (χ0) is 13.9. The van der Waals surface area contributed by atoms with Gasteiger partial charge in [-0.3, -0.25) is 0 Å². The maximum absolute atomic E-state index is 4.94. The number of nitrogens with zero attached hydrogens (tertiary/aromatic N) is 2. The summed E-state index contributed by atoms with van der Waals surface area (Å²) in [4.78, 5) is 4.94. The van der Waals surface area contributed by atoms with Crippen molar-refractivity contribution in [2.24, 2.45) is 0 Å². The lowest BCUT2D eigenvalue weighted by Gasteiger charge is -2.23. The molecule has 3 rings (SSSR count). The standard InChI is InChI=1S/C17H23N3/c1-3-14(4-2)20-16-10-11-18-12-15(16)19-17(20)13-8-6-5-7-9-13/h5-9,14,18H,3-4,10-12H2,1-2H3. The van der Waals surface area contributed by atoms with Gasteiger partial charge in [0.25, 0.3) is 0 Å². The zero-order valence-corrected chi connectivity index (χ0v) is 12.4. The summed E-state index contributed by atoms with van der Waals surface area (Å²) in [6, 6.07) is 11.1. The summed E-state index contributed by atoms with van der Waals surface area (Å²) in [7, 11) is 0. The van der Waals surface area contributed by atoms with Crippen LogP contribution < -0.4 is 5.32 Å². The maximum Gasteiger partial charge on any atom is 0.140 e. The second kappa shape index (κ2) is 5.80. The van der Waals surface area contributed by atoms with E-state index >= 15 is 0 Å². The Labute approximate surface area is 121 Å². The Balaban J connectivity index is 2.15. The summed E-state index contributed by atoms with van der Waals surface area (Å²) < 4.78 is 2.51. The van der Waals surface area contributed by atoms with E-state index in [0.29, 0.717) is 6.04 Å². The fourth-order valence-electron chi connectivity index (χ4n) is 3.17. The van der Waals surface area contributed by atoms with Crippen LogP contribution in [0.3, 0.4) is 0 Å². The summed E-state index contributed by atoms with van der Waals surface area (Å²) in [5.74, 6) is 1.15. The van der Waals surface area contributed by atoms with Crippen LogP contribution in [-0.4, -0.2) is 16.1 Å². The van der Waals surface area contributed by atoms with Crippen molar-refractivity contribution in [2.75, 3.05) is 6.54 Å². The average molecular weight is 269 g/mol. The first-order chi connectivity index (χ1) is 9.85. The van der Waals surface area contributed by atoms with Gasteiger partial charge in [-0.25, -0.2) is 4.98 Å². The minimum atomic E-state index is 0.555. The topological polar surface area (TPSA) is 29.9 Å². The molecule has 2 aromatic rings. The smallest absolute Gasteiger partial charge is 0.140 e. The van der Waals surface area contributed by atoms with Crippen LogP contribution in [0.25, 0.3) is 11.4 Å². The van der Waals surface area contributed by atoms with Gasteiger partial charge < -0.3 is 9.88 Å². The van der Waals surface area contributed by atoms with Crippen molar-refractivity contribution in [3.8, 4) is 11.4 Å². The van der Waals surface area contributed by atoms with Crippen molar-refractivity contribution < 1.29 is 0 Å². The van der Waals surface area contributed by atoms with Gasteiger partial charge in [-0.15, -0.1) is 0 Å². The van der Waals surface area contributed by atoms with E-state index in [1.807, 2.05) is 0 Å². The molecule has 106 valence electrons. The summed E-state index contributed by atoms with van der Waals surface area (Å²) in [6.45, 7) is 6.52. The van der Waals surface area contributed by atoms with E-state index in [4.69, 9.17) is 4.98 Å². The SMILES string of the molecule is CCC(CC)n1c(-c2ccccc2)nc2c1CCNC2. The van der Waals surface area contributed by atoms with Crippen molar-refractivity contribution in [3.63, 3.8) is 0 Å². The van der Waals surface area contributed by atoms with Crippen molar-refractivity contribution in [1.82, 2.24) is 14.9 Å². The monoisotopic (exact) mass is 269 g/mol. The summed E-state index contributed by atoms with van der Waals surface area (Å²) in [5.41, 5.74) is 3.91. The van der Waals surface area contributed by atoms with Gasteiger partial charge in [0.2, 0.25) is 0 Å². The first-order valence-electron chi connectivity index (χ1n) is 7.71. The predicted octanol–water partition coefficient (Wildman–Crippen LogP) is 3.56. The Morgan fingerprint density at radius 2 is 1.95 bits per heavy atom. The lowest BCUT2D eigenvalue weighted by Crippen LogP contribution is -2.26. The minimum Gasteiger partial charge on any atom is -0.325 e. The molecule has 0 atom stereocenters. The number of hydrogen-bond acceptors (Lipinski definition) is 2. The van der Waals surface area contributed by atoms with Crippen LogP contribution in [-0.2, 0) is 13.0 Å². The van der Waals surface area contributed by atoms with E-state index < -0.39 is 0 Å². The molecular formula is C17H23N3. The zero-order valence-electron chi connectivity index (χ0n) is 12.4. The molecule has 1 N–H and O–H groups in total. The van der Waals surface area contributed by atoms with Gasteiger partial charge in [0, 0.05) is 36.8 Å². The molecule has 0 bridgehead atoms. The second-order valence-electron chi connectivity index (χ2n) is 5.46. The molecule has 0 radical (unpaired) electrons. The van der Waals surface area contributed by atoms with Gasteiger partial charge in [-0.05, 0) is 12.8 Å². The molecular weight excluding hydrogens is 246 g/mol. The lowest BCUT2D eigenvalue weighted by molar-refractivity contribution is 0.453. The van der Waals surface area contributed by atoms with E-state index in [1.54, 1.807) is 0 Å². The Morgan fingerprint density at radius 3 is 2.65 bits per heavy atom. The number of fused-ring (bicyclic) bond motifs is 1. The lowest BCUT2D eigenvalue weighted by atomic mass is 10.1. The predicted molar refractivity (Wildman–Crippen MR) is 82.7 cm³/mol. The van der Waals surface area contributed by atoms with Crippen LogP contribution in [0.1, 0.15) is 44.1 Å². The quantitative estimate of drug-likeness (QED) is 0.919. The van der Waals surface area contributed by atoms with E-state index in [-0.39, 0.29) is 0 Å². The third kappa shape index (κ3) is 2.27. The van der Waals surface area contributed by atoms with Crippen molar-refractivity contribution in [1.29, 1.82) is 0 Å². The molecule has 1 aromatic carbocycles. The molecule has 0 aliphatic carbocycles. The molecule has 3 heteroatoms. The average Bonchev–Trinajstić information content (AvgIpc) is 2.89. The van der Waals surface area contributed by atoms with Crippen LogP contribution in [0.15, 0.2) is 30.3 Å². The summed E-state index contributed by atoms with van der Waals surface area (Å²) in [5, 5.41) is 3.43. The second-order valence-corrected chi connectivity index (χ2v) is 5.46. The number of rotatable bonds is 4. The highest BCUT2D eigenvalue weighted by molar-refractivity contribution is 5.57. The Morgan fingerprint density at radius 1 is 1.20 bits per heavy atom. The van der Waals surface area contributed by atoms with E-state index in [1.165, 1.54) is 17.0 Å². The van der Waals surface area contributed by atoms with Gasteiger partial charge in [0.05, 0.1) is 5.69 Å². The van der Waals surface area contributed by atoms with Gasteiger partial charge in [0.1, 0.15) is 5.82 Å². The molecule has 0 saturated carbocycles. The third-order valence-corrected chi connectivity index (χ3v) is 4.26. The first-order valence-corrected chi connectivity index (χ1v) is 7.71. The molecule has 0 saturated heterocycles. The molecule has 0 amide bonds. The molecule has 2 heterocycles. The molecule has 0 spiro atoms. The Bertz CT molecular complexity index is 567. The highest BCUT2D eigenvalue weighted by Crippen LogP contribution is 2.30. The largest absolute Gasteiger partial charge is 0.325 e. The van der Waals surface area contributed by atoms with Crippen LogP contribution in [0.5, 0.6) is 0 Å². The molecule has 1 aromatic heterocycles. The highest BCUT2D eigenvalue weighted by atomic mass is 15.1. The van der Waals surface area contributed by atoms with Gasteiger partial charge >= 0.3 is 0 Å². The number of nitrogens with one attached hydrogen (secondary N) is 1. The number of benzene rings is 1. The normalized spacial score (nSPS) is 14.6. The molecule has 0 fully saturated rings. The van der Waals surface area contributed by atoms with Gasteiger partial charge in [0.15, 0.2) is 0 Å². The van der Waals surface area contributed by atoms with Crippen molar-refractivity contribution in [2.45, 2.75) is 45.7 Å². The van der Waals surface area contributed by atoms with Crippen LogP contribution in [0.4, 0.5) is 0 Å². The maximum atomic E-state index is 4.94. The summed E-state index contributed by atoms with van der Waals surface area (Å²) in [6.07, 6.45) is 3.41. The number of aromatic nitrogens is 2. The Kier molecular flexibility index (Phi) is 3.88. The van der Waals surface area contributed by atoms with Gasteiger partial charge in [-0.2, -0.15) is 0 Å². The first kappa shape index (κ1) is 13.4. The number of imidazole rings is 1. The molecule has 1 aliphatic heterocycles. The van der Waals surface area contributed by atoms with Crippen LogP contribution >= 0.6 is 0 Å². The van der Waals surface area contributed by atoms with Crippen LogP contribution in [0, 0.1) is 0 Å². The van der Waals surface area contributed by atoms with Gasteiger partial charge in [-0.1, -0.05) is 44.2 Å². The minimum absolute atomic E-state index is 0.555. The molecule has 1 aliphatic rings. The van der Waals surface area contributed by atoms with E-state index in [9.17, 15) is 0 Å².